The summed E-state index contributed by atoms with van der Waals surface area (Å²) in [6, 6.07) is 11.8. The van der Waals surface area contributed by atoms with Gasteiger partial charge in [0.05, 0.1) is 40.3 Å². The van der Waals surface area contributed by atoms with Crippen molar-refractivity contribution in [3.05, 3.63) is 47.8 Å². The number of thiazole rings is 1. The molecule has 0 radical (unpaired) electrons. The number of aromatic nitrogens is 3. The average molecular weight is 335 g/mol. The van der Waals surface area contributed by atoms with E-state index < -0.39 is 0 Å². The zero-order chi connectivity index (χ0) is 16.7. The summed E-state index contributed by atoms with van der Waals surface area (Å²) in [6.07, 6.45) is 1.77. The van der Waals surface area contributed by atoms with Crippen LogP contribution in [-0.2, 0) is 6.54 Å². The number of nitrogens with two attached hydrogens (primary N) is 1. The third-order valence-electron chi connectivity index (χ3n) is 3.89. The molecule has 2 aromatic carbocycles. The molecule has 0 aliphatic carbocycles. The maximum Gasteiger partial charge on any atom is 0.181 e. The van der Waals surface area contributed by atoms with Crippen LogP contribution in [0.2, 0.25) is 0 Å². The Kier molecular flexibility index (Phi) is 3.32. The van der Waals surface area contributed by atoms with Gasteiger partial charge in [0, 0.05) is 12.6 Å². The van der Waals surface area contributed by atoms with E-state index >= 15 is 0 Å². The van der Waals surface area contributed by atoms with Crippen molar-refractivity contribution in [2.45, 2.75) is 6.54 Å². The van der Waals surface area contributed by atoms with Crippen LogP contribution < -0.4 is 10.5 Å². The van der Waals surface area contributed by atoms with E-state index in [-0.39, 0.29) is 0 Å². The fraction of sp³-hybridized carbons (Fsp3) is 0.118. The Bertz CT molecular complexity index is 1110. The maximum atomic E-state index is 9.17. The summed E-state index contributed by atoms with van der Waals surface area (Å²) < 4.78 is 8.40. The minimum absolute atomic E-state index is 0.483. The Hall–Kier alpha value is -3.11. The van der Waals surface area contributed by atoms with Crippen molar-refractivity contribution in [3.63, 3.8) is 0 Å². The molecule has 2 N–H and O–H groups in total. The molecular formula is C17H13N5OS. The van der Waals surface area contributed by atoms with E-state index in [0.717, 1.165) is 26.8 Å². The van der Waals surface area contributed by atoms with Crippen molar-refractivity contribution in [3.8, 4) is 11.8 Å². The number of hydrogen-bond donors (Lipinski definition) is 1. The predicted molar refractivity (Wildman–Crippen MR) is 94.1 cm³/mol. The number of methoxy groups -OCH3 is 1. The van der Waals surface area contributed by atoms with Crippen molar-refractivity contribution in [2.24, 2.45) is 0 Å². The van der Waals surface area contributed by atoms with Crippen molar-refractivity contribution in [1.82, 2.24) is 14.5 Å². The number of nitriles is 1. The normalized spacial score (nSPS) is 11.0. The van der Waals surface area contributed by atoms with Crippen LogP contribution in [0.15, 0.2) is 36.7 Å². The Morgan fingerprint density at radius 2 is 2.17 bits per heavy atom. The second-order valence-corrected chi connectivity index (χ2v) is 6.44. The summed E-state index contributed by atoms with van der Waals surface area (Å²) in [4.78, 5) is 8.66. The van der Waals surface area contributed by atoms with Crippen LogP contribution in [0.25, 0.3) is 21.3 Å². The first-order chi connectivity index (χ1) is 11.7. The van der Waals surface area contributed by atoms with Gasteiger partial charge in [-0.2, -0.15) is 5.26 Å². The van der Waals surface area contributed by atoms with Crippen LogP contribution in [-0.4, -0.2) is 21.6 Å². The zero-order valence-electron chi connectivity index (χ0n) is 12.9. The van der Waals surface area contributed by atoms with Crippen molar-refractivity contribution < 1.29 is 4.74 Å². The summed E-state index contributed by atoms with van der Waals surface area (Å²) in [5.74, 6) is 0.553. The van der Waals surface area contributed by atoms with Gasteiger partial charge in [0.2, 0.25) is 0 Å². The molecule has 4 aromatic rings. The highest BCUT2D eigenvalue weighted by Crippen LogP contribution is 2.27. The molecule has 0 saturated heterocycles. The Morgan fingerprint density at radius 1 is 1.29 bits per heavy atom. The summed E-state index contributed by atoms with van der Waals surface area (Å²) in [7, 11) is 1.56. The molecular weight excluding hydrogens is 322 g/mol. The number of hydrogen-bond acceptors (Lipinski definition) is 6. The van der Waals surface area contributed by atoms with Gasteiger partial charge < -0.3 is 15.0 Å². The quantitative estimate of drug-likeness (QED) is 0.621. The molecule has 0 aliphatic heterocycles. The van der Waals surface area contributed by atoms with Gasteiger partial charge in [0.1, 0.15) is 11.8 Å². The molecule has 6 nitrogen and oxygen atoms in total. The molecule has 7 heteroatoms. The highest BCUT2D eigenvalue weighted by Gasteiger charge is 2.10. The van der Waals surface area contributed by atoms with E-state index in [1.165, 1.54) is 11.3 Å². The monoisotopic (exact) mass is 335 g/mol. The molecule has 0 bridgehead atoms. The SMILES string of the molecule is COc1cc2c(cc1C#N)ncn2Cc1ccc2nc(N)sc2c1. The average Bonchev–Trinajstić information content (AvgIpc) is 3.15. The van der Waals surface area contributed by atoms with Crippen molar-refractivity contribution in [1.29, 1.82) is 5.26 Å². The lowest BCUT2D eigenvalue weighted by Gasteiger charge is -2.07. The number of anilines is 1. The molecule has 0 saturated carbocycles. The molecule has 0 spiro atoms. The molecule has 0 atom stereocenters. The minimum Gasteiger partial charge on any atom is -0.495 e. The predicted octanol–water partition coefficient (Wildman–Crippen LogP) is 3.16. The molecule has 0 amide bonds. The van der Waals surface area contributed by atoms with E-state index in [9.17, 15) is 5.26 Å². The summed E-state index contributed by atoms with van der Waals surface area (Å²) in [5, 5.41) is 9.75. The molecule has 4 rings (SSSR count). The fourth-order valence-corrected chi connectivity index (χ4v) is 3.55. The number of ether oxygens (including phenoxy) is 1. The second-order valence-electron chi connectivity index (χ2n) is 5.38. The molecule has 2 aromatic heterocycles. The Morgan fingerprint density at radius 3 is 2.96 bits per heavy atom. The molecule has 2 heterocycles. The van der Waals surface area contributed by atoms with Gasteiger partial charge in [0.15, 0.2) is 5.13 Å². The number of nitrogen functional groups attached to an aromatic ring is 1. The van der Waals surface area contributed by atoms with Crippen LogP contribution in [0, 0.1) is 11.3 Å². The molecule has 24 heavy (non-hydrogen) atoms. The lowest BCUT2D eigenvalue weighted by Crippen LogP contribution is -1.98. The first-order valence-electron chi connectivity index (χ1n) is 7.26. The van der Waals surface area contributed by atoms with Gasteiger partial charge in [-0.1, -0.05) is 17.4 Å². The Balaban J connectivity index is 1.76. The summed E-state index contributed by atoms with van der Waals surface area (Å²) >= 11 is 1.48. The van der Waals surface area contributed by atoms with Gasteiger partial charge in [0.25, 0.3) is 0 Å². The first kappa shape index (κ1) is 14.5. The maximum absolute atomic E-state index is 9.17. The highest BCUT2D eigenvalue weighted by atomic mass is 32.1. The molecule has 0 aliphatic rings. The van der Waals surface area contributed by atoms with Crippen LogP contribution in [0.1, 0.15) is 11.1 Å². The molecule has 0 unspecified atom stereocenters. The summed E-state index contributed by atoms with van der Waals surface area (Å²) in [5.41, 5.74) is 9.99. The smallest absolute Gasteiger partial charge is 0.181 e. The lowest BCUT2D eigenvalue weighted by atomic mass is 10.1. The number of benzene rings is 2. The number of fused-ring (bicyclic) bond motifs is 2. The van der Waals surface area contributed by atoms with Crippen LogP contribution >= 0.6 is 11.3 Å². The largest absolute Gasteiger partial charge is 0.495 e. The highest BCUT2D eigenvalue weighted by molar-refractivity contribution is 7.22. The first-order valence-corrected chi connectivity index (χ1v) is 8.07. The number of nitrogens with zero attached hydrogens (tertiary/aromatic N) is 4. The van der Waals surface area contributed by atoms with Crippen molar-refractivity contribution >= 4 is 37.7 Å². The van der Waals surface area contributed by atoms with E-state index in [1.54, 1.807) is 19.5 Å². The third kappa shape index (κ3) is 2.33. The zero-order valence-corrected chi connectivity index (χ0v) is 13.7. The summed E-state index contributed by atoms with van der Waals surface area (Å²) in [6.45, 7) is 0.666. The van der Waals surface area contributed by atoms with Crippen LogP contribution in [0.3, 0.4) is 0 Å². The van der Waals surface area contributed by atoms with E-state index in [1.807, 2.05) is 22.8 Å². The van der Waals surface area contributed by atoms with Crippen LogP contribution in [0.4, 0.5) is 5.13 Å². The fourth-order valence-electron chi connectivity index (χ4n) is 2.75. The van der Waals surface area contributed by atoms with Crippen LogP contribution in [0.5, 0.6) is 5.75 Å². The van der Waals surface area contributed by atoms with E-state index in [4.69, 9.17) is 10.5 Å². The van der Waals surface area contributed by atoms with Crippen molar-refractivity contribution in [2.75, 3.05) is 12.8 Å². The van der Waals surface area contributed by atoms with Gasteiger partial charge in [-0.15, -0.1) is 0 Å². The molecule has 0 fully saturated rings. The second kappa shape index (κ2) is 5.51. The van der Waals surface area contributed by atoms with Gasteiger partial charge in [-0.25, -0.2) is 9.97 Å². The minimum atomic E-state index is 0.483. The van der Waals surface area contributed by atoms with Gasteiger partial charge >= 0.3 is 0 Å². The van der Waals surface area contributed by atoms with E-state index in [0.29, 0.717) is 23.0 Å². The lowest BCUT2D eigenvalue weighted by molar-refractivity contribution is 0.414. The van der Waals surface area contributed by atoms with E-state index in [2.05, 4.69) is 22.1 Å². The topological polar surface area (TPSA) is 89.8 Å². The Labute approximate surface area is 141 Å². The molecule has 118 valence electrons. The van der Waals surface area contributed by atoms with Gasteiger partial charge in [-0.05, 0) is 23.8 Å². The standard InChI is InChI=1S/C17H13N5OS/c1-23-15-6-14-13(5-11(15)7-18)20-9-22(14)8-10-2-3-12-16(4-10)24-17(19)21-12/h2-6,9H,8H2,1H3,(H2,19,21). The van der Waals surface area contributed by atoms with Gasteiger partial charge in [-0.3, -0.25) is 0 Å². The number of rotatable bonds is 3. The number of imidazole rings is 1. The third-order valence-corrected chi connectivity index (χ3v) is 4.73.